The van der Waals surface area contributed by atoms with E-state index in [2.05, 4.69) is 5.32 Å². The van der Waals surface area contributed by atoms with E-state index < -0.39 is 34.4 Å². The van der Waals surface area contributed by atoms with Gasteiger partial charge in [0.1, 0.15) is 0 Å². The van der Waals surface area contributed by atoms with Crippen LogP contribution in [0.25, 0.3) is 0 Å². The molecular weight excluding hydrogens is 456 g/mol. The summed E-state index contributed by atoms with van der Waals surface area (Å²) in [6.07, 6.45) is 0.584. The summed E-state index contributed by atoms with van der Waals surface area (Å²) in [4.78, 5) is 36.3. The molecule has 10 heteroatoms. The van der Waals surface area contributed by atoms with Crippen LogP contribution >= 0.6 is 11.6 Å². The lowest BCUT2D eigenvalue weighted by Crippen LogP contribution is -2.40. The molecule has 2 aromatic rings. The van der Waals surface area contributed by atoms with Crippen LogP contribution in [0, 0.1) is 5.92 Å². The minimum Gasteiger partial charge on any atom is -0.455 e. The summed E-state index contributed by atoms with van der Waals surface area (Å²) in [7, 11) is -3.67. The van der Waals surface area contributed by atoms with Gasteiger partial charge in [-0.05, 0) is 56.2 Å². The Morgan fingerprint density at radius 1 is 1.06 bits per heavy atom. The minimum atomic E-state index is -3.67. The number of nitrogens with one attached hydrogen (secondary N) is 1. The van der Waals surface area contributed by atoms with Crippen molar-refractivity contribution < 1.29 is 27.5 Å². The number of esters is 1. The Bertz CT molecular complexity index is 1110. The maximum absolute atomic E-state index is 12.7. The summed E-state index contributed by atoms with van der Waals surface area (Å²) in [5.74, 6) is -1.81. The standard InChI is InChI=1S/C22H23ClN2O6S/c1-15(26)19-4-2-3-5-20(19)24-21(27)14-31-22(28)16-10-12-25(13-11-16)32(29,30)18-8-6-17(23)7-9-18/h2-9,16H,10-14H2,1H3,(H,24,27). The summed E-state index contributed by atoms with van der Waals surface area (Å²) >= 11 is 5.82. The van der Waals surface area contributed by atoms with Gasteiger partial charge in [-0.3, -0.25) is 14.4 Å². The molecule has 1 aliphatic heterocycles. The number of carbonyl (C=O) groups is 3. The van der Waals surface area contributed by atoms with E-state index in [4.69, 9.17) is 16.3 Å². The molecule has 0 saturated carbocycles. The fourth-order valence-electron chi connectivity index (χ4n) is 3.43. The largest absolute Gasteiger partial charge is 0.455 e. The van der Waals surface area contributed by atoms with E-state index in [1.165, 1.54) is 35.5 Å². The zero-order chi connectivity index (χ0) is 23.3. The first kappa shape index (κ1) is 23.9. The van der Waals surface area contributed by atoms with Gasteiger partial charge in [0.05, 0.1) is 16.5 Å². The first-order chi connectivity index (χ1) is 15.2. The molecule has 0 spiro atoms. The lowest BCUT2D eigenvalue weighted by Gasteiger charge is -2.30. The lowest BCUT2D eigenvalue weighted by atomic mass is 9.98. The Hall–Kier alpha value is -2.75. The number of nitrogens with zero attached hydrogens (tertiary/aromatic N) is 1. The van der Waals surface area contributed by atoms with Crippen molar-refractivity contribution in [3.63, 3.8) is 0 Å². The van der Waals surface area contributed by atoms with E-state index in [1.807, 2.05) is 0 Å². The van der Waals surface area contributed by atoms with Crippen molar-refractivity contribution in [3.05, 3.63) is 59.1 Å². The zero-order valence-corrected chi connectivity index (χ0v) is 19.0. The Labute approximate surface area is 191 Å². The van der Waals surface area contributed by atoms with E-state index >= 15 is 0 Å². The second-order valence-corrected chi connectivity index (χ2v) is 9.76. The molecule has 1 amide bonds. The average molecular weight is 479 g/mol. The van der Waals surface area contributed by atoms with E-state index in [9.17, 15) is 22.8 Å². The molecule has 1 N–H and O–H groups in total. The summed E-state index contributed by atoms with van der Waals surface area (Å²) in [5.41, 5.74) is 0.711. The molecule has 170 valence electrons. The molecule has 1 heterocycles. The molecule has 0 bridgehead atoms. The molecular formula is C22H23ClN2O6S. The van der Waals surface area contributed by atoms with Gasteiger partial charge in [-0.15, -0.1) is 0 Å². The van der Waals surface area contributed by atoms with Crippen LogP contribution in [0.1, 0.15) is 30.1 Å². The smallest absolute Gasteiger partial charge is 0.309 e. The first-order valence-electron chi connectivity index (χ1n) is 10.0. The Balaban J connectivity index is 1.50. The van der Waals surface area contributed by atoms with Crippen LogP contribution in [0.2, 0.25) is 5.02 Å². The molecule has 0 aromatic heterocycles. The molecule has 32 heavy (non-hydrogen) atoms. The molecule has 1 fully saturated rings. The van der Waals surface area contributed by atoms with Crippen LogP contribution in [0.4, 0.5) is 5.69 Å². The number of carbonyl (C=O) groups excluding carboxylic acids is 3. The highest BCUT2D eigenvalue weighted by Crippen LogP contribution is 2.25. The van der Waals surface area contributed by atoms with Crippen molar-refractivity contribution in [2.24, 2.45) is 5.92 Å². The number of ketones is 1. The number of anilines is 1. The van der Waals surface area contributed by atoms with Crippen molar-refractivity contribution >= 4 is 45.0 Å². The van der Waals surface area contributed by atoms with Crippen LogP contribution in [0.3, 0.4) is 0 Å². The molecule has 3 rings (SSSR count). The van der Waals surface area contributed by atoms with Gasteiger partial charge in [-0.25, -0.2) is 8.42 Å². The number of benzene rings is 2. The quantitative estimate of drug-likeness (QED) is 0.483. The molecule has 1 aliphatic rings. The predicted molar refractivity (Wildman–Crippen MR) is 119 cm³/mol. The van der Waals surface area contributed by atoms with Crippen molar-refractivity contribution in [1.82, 2.24) is 4.31 Å². The SMILES string of the molecule is CC(=O)c1ccccc1NC(=O)COC(=O)C1CCN(S(=O)(=O)c2ccc(Cl)cc2)CC1. The van der Waals surface area contributed by atoms with Gasteiger partial charge in [0.25, 0.3) is 5.91 Å². The third-order valence-corrected chi connectivity index (χ3v) is 7.33. The number of para-hydroxylation sites is 1. The lowest BCUT2D eigenvalue weighted by molar-refractivity contribution is -0.152. The van der Waals surface area contributed by atoms with Crippen LogP contribution in [-0.4, -0.2) is 50.1 Å². The van der Waals surface area contributed by atoms with Gasteiger partial charge < -0.3 is 10.1 Å². The van der Waals surface area contributed by atoms with Gasteiger partial charge in [0, 0.05) is 23.7 Å². The molecule has 2 aromatic carbocycles. The molecule has 1 saturated heterocycles. The van der Waals surface area contributed by atoms with E-state index in [1.54, 1.807) is 24.3 Å². The highest BCUT2D eigenvalue weighted by molar-refractivity contribution is 7.89. The normalized spacial score (nSPS) is 15.2. The maximum atomic E-state index is 12.7. The highest BCUT2D eigenvalue weighted by Gasteiger charge is 2.33. The zero-order valence-electron chi connectivity index (χ0n) is 17.4. The number of ether oxygens (including phenoxy) is 1. The summed E-state index contributed by atoms with van der Waals surface area (Å²) in [6, 6.07) is 12.5. The third kappa shape index (κ3) is 5.73. The van der Waals surface area contributed by atoms with Crippen LogP contribution < -0.4 is 5.32 Å². The first-order valence-corrected chi connectivity index (χ1v) is 11.8. The van der Waals surface area contributed by atoms with Crippen molar-refractivity contribution in [2.45, 2.75) is 24.7 Å². The molecule has 0 aliphatic carbocycles. The maximum Gasteiger partial charge on any atom is 0.309 e. The highest BCUT2D eigenvalue weighted by atomic mass is 35.5. The van der Waals surface area contributed by atoms with Crippen molar-refractivity contribution in [1.29, 1.82) is 0 Å². The molecule has 0 atom stereocenters. The molecule has 8 nitrogen and oxygen atoms in total. The average Bonchev–Trinajstić information content (AvgIpc) is 2.78. The van der Waals surface area contributed by atoms with Crippen LogP contribution in [0.5, 0.6) is 0 Å². The Morgan fingerprint density at radius 3 is 2.31 bits per heavy atom. The van der Waals surface area contributed by atoms with Gasteiger partial charge in [0.2, 0.25) is 10.0 Å². The summed E-state index contributed by atoms with van der Waals surface area (Å²) in [6.45, 7) is 1.24. The van der Waals surface area contributed by atoms with Crippen molar-refractivity contribution in [2.75, 3.05) is 25.0 Å². The van der Waals surface area contributed by atoms with Crippen LogP contribution in [-0.2, 0) is 24.3 Å². The second kappa shape index (κ2) is 10.2. The number of hydrogen-bond donors (Lipinski definition) is 1. The summed E-state index contributed by atoms with van der Waals surface area (Å²) in [5, 5.41) is 3.01. The van der Waals surface area contributed by atoms with Gasteiger partial charge in [-0.1, -0.05) is 23.7 Å². The number of sulfonamides is 1. The fraction of sp³-hybridized carbons (Fsp3) is 0.318. The Kier molecular flexibility index (Phi) is 7.65. The number of halogens is 1. The van der Waals surface area contributed by atoms with Gasteiger partial charge >= 0.3 is 5.97 Å². The number of amides is 1. The second-order valence-electron chi connectivity index (χ2n) is 7.39. The van der Waals surface area contributed by atoms with E-state index in [0.717, 1.165) is 0 Å². The minimum absolute atomic E-state index is 0.144. The monoisotopic (exact) mass is 478 g/mol. The third-order valence-electron chi connectivity index (χ3n) is 5.16. The van der Waals surface area contributed by atoms with Crippen LogP contribution in [0.15, 0.2) is 53.4 Å². The summed E-state index contributed by atoms with van der Waals surface area (Å²) < 4.78 is 31.9. The number of rotatable bonds is 7. The predicted octanol–water partition coefficient (Wildman–Crippen LogP) is 3.13. The topological polar surface area (TPSA) is 110 Å². The van der Waals surface area contributed by atoms with E-state index in [0.29, 0.717) is 29.1 Å². The number of piperidine rings is 1. The fourth-order valence-corrected chi connectivity index (χ4v) is 5.02. The van der Waals surface area contributed by atoms with Gasteiger partial charge in [0.15, 0.2) is 12.4 Å². The van der Waals surface area contributed by atoms with Crippen molar-refractivity contribution in [3.8, 4) is 0 Å². The number of Topliss-reactive ketones (excluding diaryl/α,β-unsaturated/α-hetero) is 1. The Morgan fingerprint density at radius 2 is 1.69 bits per heavy atom. The molecule has 0 radical (unpaired) electrons. The molecule has 0 unspecified atom stereocenters. The van der Waals surface area contributed by atoms with Gasteiger partial charge in [-0.2, -0.15) is 4.31 Å². The number of hydrogen-bond acceptors (Lipinski definition) is 6. The van der Waals surface area contributed by atoms with E-state index in [-0.39, 0.29) is 23.8 Å².